The molecule has 2 heterocycles. The standard InChI is InChI=1S/C7H13NO.C4H6O6/c9-7-4-5-2-1-3-6(7)8-5;5-1(3(7)8)2(6)4(9)10/h5-9H,1-4H2;1-2,5-6H,(H,7,8)(H,9,10)/t5-,6+,7-;1-,2-/m11/s1. The lowest BCUT2D eigenvalue weighted by Gasteiger charge is -2.16. The first kappa shape index (κ1) is 15.8. The average molecular weight is 277 g/mol. The maximum Gasteiger partial charge on any atom is 0.335 e. The third kappa shape index (κ3) is 4.43. The van der Waals surface area contributed by atoms with Gasteiger partial charge in [-0.25, -0.2) is 4.79 Å². The molecule has 0 aliphatic carbocycles. The Morgan fingerprint density at radius 3 is 2.21 bits per heavy atom. The second kappa shape index (κ2) is 6.80. The van der Waals surface area contributed by atoms with Crippen LogP contribution in [-0.2, 0) is 9.59 Å². The molecular weight excluding hydrogens is 258 g/mol. The van der Waals surface area contributed by atoms with E-state index in [1.165, 1.54) is 19.3 Å². The number of quaternary nitrogens is 1. The number of hydrogen-bond donors (Lipinski definition) is 5. The van der Waals surface area contributed by atoms with E-state index in [2.05, 4.69) is 5.32 Å². The molecule has 8 nitrogen and oxygen atoms in total. The molecule has 2 aliphatic heterocycles. The number of hydrogen-bond acceptors (Lipinski definition) is 6. The molecule has 0 aromatic heterocycles. The highest BCUT2D eigenvalue weighted by atomic mass is 16.4. The largest absolute Gasteiger partial charge is 0.547 e. The Kier molecular flexibility index (Phi) is 5.67. The van der Waals surface area contributed by atoms with E-state index in [9.17, 15) is 19.8 Å². The van der Waals surface area contributed by atoms with Gasteiger partial charge in [0.1, 0.15) is 18.2 Å². The molecule has 0 spiro atoms. The zero-order chi connectivity index (χ0) is 14.6. The van der Waals surface area contributed by atoms with Gasteiger partial charge in [0.15, 0.2) is 6.10 Å². The van der Waals surface area contributed by atoms with Gasteiger partial charge in [0, 0.05) is 12.8 Å². The van der Waals surface area contributed by atoms with E-state index in [4.69, 9.17) is 15.3 Å². The van der Waals surface area contributed by atoms with Crippen molar-refractivity contribution in [1.29, 1.82) is 0 Å². The number of fused-ring (bicyclic) bond motifs is 2. The molecule has 0 radical (unpaired) electrons. The van der Waals surface area contributed by atoms with Crippen LogP contribution in [0.25, 0.3) is 0 Å². The number of rotatable bonds is 3. The quantitative estimate of drug-likeness (QED) is 0.350. The highest BCUT2D eigenvalue weighted by Gasteiger charge is 2.39. The number of piperidine rings is 1. The molecule has 2 fully saturated rings. The molecule has 2 saturated heterocycles. The van der Waals surface area contributed by atoms with E-state index in [0.717, 1.165) is 12.5 Å². The minimum Gasteiger partial charge on any atom is -0.547 e. The fourth-order valence-corrected chi connectivity index (χ4v) is 2.42. The zero-order valence-electron chi connectivity index (χ0n) is 10.3. The maximum absolute atomic E-state index is 9.74. The van der Waals surface area contributed by atoms with Crippen molar-refractivity contribution < 1.29 is 40.4 Å². The van der Waals surface area contributed by atoms with Crippen LogP contribution in [0.5, 0.6) is 0 Å². The van der Waals surface area contributed by atoms with E-state index in [1.807, 2.05) is 0 Å². The van der Waals surface area contributed by atoms with E-state index in [0.29, 0.717) is 6.04 Å². The van der Waals surface area contributed by atoms with Gasteiger partial charge in [0.05, 0.1) is 12.0 Å². The smallest absolute Gasteiger partial charge is 0.335 e. The van der Waals surface area contributed by atoms with Gasteiger partial charge in [-0.1, -0.05) is 0 Å². The number of nitrogens with two attached hydrogens (primary N) is 1. The van der Waals surface area contributed by atoms with Gasteiger partial charge in [0.2, 0.25) is 0 Å². The van der Waals surface area contributed by atoms with Crippen molar-refractivity contribution in [2.75, 3.05) is 0 Å². The Hall–Kier alpha value is -1.22. The lowest BCUT2D eigenvalue weighted by atomic mass is 10.1. The predicted octanol–water partition coefficient (Wildman–Crippen LogP) is -4.22. The molecule has 5 atom stereocenters. The molecule has 6 N–H and O–H groups in total. The molecule has 2 bridgehead atoms. The molecular formula is C11H19NO7. The van der Waals surface area contributed by atoms with Crippen molar-refractivity contribution in [1.82, 2.24) is 0 Å². The molecule has 2 aliphatic rings. The van der Waals surface area contributed by atoms with Gasteiger partial charge in [-0.05, 0) is 12.8 Å². The third-order valence-electron chi connectivity index (χ3n) is 3.46. The fourth-order valence-electron chi connectivity index (χ4n) is 2.42. The van der Waals surface area contributed by atoms with Crippen molar-refractivity contribution in [3.8, 4) is 0 Å². The number of aliphatic carboxylic acids is 2. The first-order chi connectivity index (χ1) is 8.82. The first-order valence-corrected chi connectivity index (χ1v) is 6.15. The Morgan fingerprint density at radius 2 is 1.84 bits per heavy atom. The summed E-state index contributed by atoms with van der Waals surface area (Å²) < 4.78 is 0. The van der Waals surface area contributed by atoms with Gasteiger partial charge in [-0.3, -0.25) is 0 Å². The summed E-state index contributed by atoms with van der Waals surface area (Å²) in [5, 5.41) is 45.9. The van der Waals surface area contributed by atoms with Crippen LogP contribution in [0.3, 0.4) is 0 Å². The lowest BCUT2D eigenvalue weighted by molar-refractivity contribution is -0.712. The van der Waals surface area contributed by atoms with E-state index < -0.39 is 24.1 Å². The monoisotopic (exact) mass is 277 g/mol. The van der Waals surface area contributed by atoms with E-state index >= 15 is 0 Å². The summed E-state index contributed by atoms with van der Waals surface area (Å²) in [7, 11) is 0. The minimum absolute atomic E-state index is 0.0116. The van der Waals surface area contributed by atoms with Crippen LogP contribution in [0.4, 0.5) is 0 Å². The van der Waals surface area contributed by atoms with E-state index in [1.54, 1.807) is 0 Å². The summed E-state index contributed by atoms with van der Waals surface area (Å²) in [5.41, 5.74) is 0. The second-order valence-electron chi connectivity index (χ2n) is 4.90. The minimum atomic E-state index is -2.38. The Balaban J connectivity index is 0.000000190. The number of aliphatic hydroxyl groups excluding tert-OH is 3. The molecule has 110 valence electrons. The average Bonchev–Trinajstić information content (AvgIpc) is 2.61. The second-order valence-corrected chi connectivity index (χ2v) is 4.90. The zero-order valence-corrected chi connectivity index (χ0v) is 10.3. The van der Waals surface area contributed by atoms with Crippen molar-refractivity contribution in [3.63, 3.8) is 0 Å². The summed E-state index contributed by atoms with van der Waals surface area (Å²) in [5.74, 6) is -3.83. The molecule has 0 saturated carbocycles. The summed E-state index contributed by atoms with van der Waals surface area (Å²) >= 11 is 0. The number of carboxylic acids is 2. The fraction of sp³-hybridized carbons (Fsp3) is 0.818. The number of aliphatic hydroxyl groups is 3. The predicted molar refractivity (Wildman–Crippen MR) is 58.6 cm³/mol. The third-order valence-corrected chi connectivity index (χ3v) is 3.46. The van der Waals surface area contributed by atoms with Gasteiger partial charge in [-0.2, -0.15) is 0 Å². The van der Waals surface area contributed by atoms with Crippen molar-refractivity contribution in [3.05, 3.63) is 0 Å². The molecule has 19 heavy (non-hydrogen) atoms. The van der Waals surface area contributed by atoms with Gasteiger partial charge in [-0.15, -0.1) is 0 Å². The topological polar surface area (TPSA) is 155 Å². The molecule has 2 rings (SSSR count). The molecule has 0 aromatic rings. The Labute approximate surface area is 109 Å². The van der Waals surface area contributed by atoms with Crippen molar-refractivity contribution in [2.24, 2.45) is 0 Å². The van der Waals surface area contributed by atoms with Gasteiger partial charge >= 0.3 is 5.97 Å². The molecule has 0 unspecified atom stereocenters. The maximum atomic E-state index is 9.74. The molecule has 0 aromatic carbocycles. The van der Waals surface area contributed by atoms with Crippen LogP contribution in [0, 0.1) is 0 Å². The normalized spacial score (nSPS) is 31.8. The van der Waals surface area contributed by atoms with Crippen LogP contribution < -0.4 is 10.4 Å². The summed E-state index contributed by atoms with van der Waals surface area (Å²) in [6, 6.07) is 1.32. The summed E-state index contributed by atoms with van der Waals surface area (Å²) in [6.45, 7) is 0. The van der Waals surface area contributed by atoms with Crippen molar-refractivity contribution in [2.45, 2.75) is 56.1 Å². The van der Waals surface area contributed by atoms with E-state index in [-0.39, 0.29) is 6.10 Å². The van der Waals surface area contributed by atoms with Gasteiger partial charge < -0.3 is 35.6 Å². The molecule has 8 heteroatoms. The number of carboxylic acid groups (broad SMARTS) is 2. The molecule has 0 amide bonds. The SMILES string of the molecule is O=C([O-])[C@H](O)[C@@H](O)C(=O)O.O[C@@H]1C[C@H]2CCC[C@@H]1[NH2+]2. The van der Waals surface area contributed by atoms with Gasteiger partial charge in [0.25, 0.3) is 0 Å². The highest BCUT2D eigenvalue weighted by molar-refractivity contribution is 5.81. The van der Waals surface area contributed by atoms with Crippen LogP contribution in [0.1, 0.15) is 25.7 Å². The number of carbonyl (C=O) groups excluding carboxylic acids is 1. The summed E-state index contributed by atoms with van der Waals surface area (Å²) in [6.07, 6.45) is 0.249. The van der Waals surface area contributed by atoms with Crippen LogP contribution >= 0.6 is 0 Å². The Morgan fingerprint density at radius 1 is 1.21 bits per heavy atom. The lowest BCUT2D eigenvalue weighted by Crippen LogP contribution is -2.93. The van der Waals surface area contributed by atoms with Crippen LogP contribution in [0.15, 0.2) is 0 Å². The highest BCUT2D eigenvalue weighted by Crippen LogP contribution is 2.20. The van der Waals surface area contributed by atoms with Crippen LogP contribution in [-0.4, -0.2) is 62.8 Å². The first-order valence-electron chi connectivity index (χ1n) is 6.15. The van der Waals surface area contributed by atoms with Crippen LogP contribution in [0.2, 0.25) is 0 Å². The van der Waals surface area contributed by atoms with Crippen molar-refractivity contribution >= 4 is 11.9 Å². The number of carbonyl (C=O) groups is 2. The Bertz CT molecular complexity index is 315. The summed E-state index contributed by atoms with van der Waals surface area (Å²) in [4.78, 5) is 19.4.